The topological polar surface area (TPSA) is 58.5 Å². The van der Waals surface area contributed by atoms with Crippen molar-refractivity contribution in [2.45, 2.75) is 46.0 Å². The lowest BCUT2D eigenvalue weighted by atomic mass is 9.85. The number of hydrogen-bond acceptors (Lipinski definition) is 2. The SMILES string of the molecule is CCCCC(=O)N=C1C=CC2C(CCC)=CC(=O)NC2=C1. The standard InChI is InChI=1S/C17H22N2O2/c1-3-5-7-16(20)18-13-8-9-14-12(6-4-2)10-17(21)19-15(14)11-13/h8-11,14H,3-7H2,1-2H3,(H,19,21). The second kappa shape index (κ2) is 7.16. The van der Waals surface area contributed by atoms with Crippen LogP contribution in [0.3, 0.4) is 0 Å². The molecule has 0 saturated carbocycles. The van der Waals surface area contributed by atoms with Crippen LogP contribution in [-0.2, 0) is 9.59 Å². The minimum absolute atomic E-state index is 0.0899. The van der Waals surface area contributed by atoms with Crippen molar-refractivity contribution < 1.29 is 9.59 Å². The van der Waals surface area contributed by atoms with Crippen LogP contribution in [0.5, 0.6) is 0 Å². The second-order valence-corrected chi connectivity index (χ2v) is 5.43. The number of fused-ring (bicyclic) bond motifs is 1. The molecule has 2 amide bonds. The van der Waals surface area contributed by atoms with E-state index in [0.717, 1.165) is 37.0 Å². The molecule has 21 heavy (non-hydrogen) atoms. The monoisotopic (exact) mass is 286 g/mol. The summed E-state index contributed by atoms with van der Waals surface area (Å²) >= 11 is 0. The molecule has 0 aromatic rings. The third-order valence-electron chi connectivity index (χ3n) is 3.62. The minimum Gasteiger partial charge on any atom is -0.325 e. The largest absolute Gasteiger partial charge is 0.325 e. The Balaban J connectivity index is 2.15. The van der Waals surface area contributed by atoms with Gasteiger partial charge in [0.2, 0.25) is 11.8 Å². The molecule has 2 rings (SSSR count). The predicted molar refractivity (Wildman–Crippen MR) is 83.8 cm³/mol. The fourth-order valence-electron chi connectivity index (χ4n) is 2.58. The summed E-state index contributed by atoms with van der Waals surface area (Å²) < 4.78 is 0. The molecular formula is C17H22N2O2. The molecule has 0 fully saturated rings. The molecule has 1 aliphatic carbocycles. The van der Waals surface area contributed by atoms with Crippen LogP contribution in [0.4, 0.5) is 0 Å². The molecule has 0 radical (unpaired) electrons. The maximum Gasteiger partial charge on any atom is 0.248 e. The Labute approximate surface area is 125 Å². The molecule has 0 saturated heterocycles. The van der Waals surface area contributed by atoms with Crippen LogP contribution in [-0.4, -0.2) is 17.5 Å². The van der Waals surface area contributed by atoms with Gasteiger partial charge in [0, 0.05) is 24.1 Å². The number of allylic oxidation sites excluding steroid dienone is 3. The molecule has 0 spiro atoms. The lowest BCUT2D eigenvalue weighted by Crippen LogP contribution is -2.33. The molecule has 1 N–H and O–H groups in total. The van der Waals surface area contributed by atoms with E-state index in [9.17, 15) is 9.59 Å². The van der Waals surface area contributed by atoms with Gasteiger partial charge < -0.3 is 5.32 Å². The van der Waals surface area contributed by atoms with E-state index in [1.165, 1.54) is 0 Å². The molecule has 2 aliphatic rings. The molecule has 4 nitrogen and oxygen atoms in total. The van der Waals surface area contributed by atoms with Gasteiger partial charge in [-0.2, -0.15) is 0 Å². The van der Waals surface area contributed by atoms with E-state index in [4.69, 9.17) is 0 Å². The van der Waals surface area contributed by atoms with Crippen molar-refractivity contribution in [1.29, 1.82) is 0 Å². The van der Waals surface area contributed by atoms with Gasteiger partial charge in [-0.05, 0) is 25.0 Å². The molecule has 4 heteroatoms. The van der Waals surface area contributed by atoms with E-state index in [0.29, 0.717) is 12.1 Å². The third kappa shape index (κ3) is 4.00. The molecule has 0 aromatic heterocycles. The van der Waals surface area contributed by atoms with Gasteiger partial charge in [-0.3, -0.25) is 9.59 Å². The normalized spacial score (nSPS) is 22.5. The summed E-state index contributed by atoms with van der Waals surface area (Å²) in [5.41, 5.74) is 2.58. The van der Waals surface area contributed by atoms with E-state index in [-0.39, 0.29) is 17.7 Å². The van der Waals surface area contributed by atoms with Crippen LogP contribution in [0, 0.1) is 5.92 Å². The number of carbonyl (C=O) groups is 2. The van der Waals surface area contributed by atoms with Crippen molar-refractivity contribution in [1.82, 2.24) is 5.32 Å². The summed E-state index contributed by atoms with van der Waals surface area (Å²) in [6.07, 6.45) is 11.6. The van der Waals surface area contributed by atoms with Gasteiger partial charge in [0.05, 0.1) is 5.71 Å². The van der Waals surface area contributed by atoms with Crippen molar-refractivity contribution in [3.8, 4) is 0 Å². The Kier molecular flexibility index (Phi) is 5.26. The predicted octanol–water partition coefficient (Wildman–Crippen LogP) is 3.07. The molecule has 1 heterocycles. The average Bonchev–Trinajstić information content (AvgIpc) is 2.45. The van der Waals surface area contributed by atoms with Crippen LogP contribution in [0.1, 0.15) is 46.0 Å². The summed E-state index contributed by atoms with van der Waals surface area (Å²) in [6.45, 7) is 4.15. The quantitative estimate of drug-likeness (QED) is 0.844. The van der Waals surface area contributed by atoms with Gasteiger partial charge in [-0.1, -0.05) is 38.3 Å². The number of nitrogens with zero attached hydrogens (tertiary/aromatic N) is 1. The van der Waals surface area contributed by atoms with Crippen molar-refractivity contribution in [3.63, 3.8) is 0 Å². The first-order chi connectivity index (χ1) is 10.1. The van der Waals surface area contributed by atoms with Gasteiger partial charge in [0.1, 0.15) is 0 Å². The molecule has 1 aliphatic heterocycles. The summed E-state index contributed by atoms with van der Waals surface area (Å²) in [7, 11) is 0. The fraction of sp³-hybridized carbons (Fsp3) is 0.471. The number of amides is 2. The van der Waals surface area contributed by atoms with E-state index < -0.39 is 0 Å². The number of aliphatic imine (C=N–C) groups is 1. The third-order valence-corrected chi connectivity index (χ3v) is 3.62. The maximum atomic E-state index is 11.7. The number of rotatable bonds is 5. The van der Waals surface area contributed by atoms with Gasteiger partial charge in [-0.25, -0.2) is 4.99 Å². The molecule has 1 atom stereocenters. The van der Waals surface area contributed by atoms with Crippen LogP contribution >= 0.6 is 0 Å². The molecule has 0 bridgehead atoms. The highest BCUT2D eigenvalue weighted by Gasteiger charge is 2.25. The summed E-state index contributed by atoms with van der Waals surface area (Å²) in [5, 5.41) is 2.86. The summed E-state index contributed by atoms with van der Waals surface area (Å²) in [5.74, 6) is -0.0708. The highest BCUT2D eigenvalue weighted by Crippen LogP contribution is 2.29. The van der Waals surface area contributed by atoms with Gasteiger partial charge >= 0.3 is 0 Å². The van der Waals surface area contributed by atoms with Crippen molar-refractivity contribution >= 4 is 17.5 Å². The first-order valence-electron chi connectivity index (χ1n) is 7.66. The van der Waals surface area contributed by atoms with Crippen LogP contribution in [0.15, 0.2) is 40.6 Å². The van der Waals surface area contributed by atoms with Crippen LogP contribution < -0.4 is 5.32 Å². The lowest BCUT2D eigenvalue weighted by Gasteiger charge is -2.27. The Morgan fingerprint density at radius 2 is 2.10 bits per heavy atom. The molecule has 1 unspecified atom stereocenters. The van der Waals surface area contributed by atoms with Crippen molar-refractivity contribution in [2.75, 3.05) is 0 Å². The average molecular weight is 286 g/mol. The molecular weight excluding hydrogens is 264 g/mol. The first-order valence-corrected chi connectivity index (χ1v) is 7.66. The van der Waals surface area contributed by atoms with Gasteiger partial charge in [0.25, 0.3) is 0 Å². The molecule has 112 valence electrons. The number of unbranched alkanes of at least 4 members (excludes halogenated alkanes) is 1. The number of hydrogen-bond donors (Lipinski definition) is 1. The zero-order valence-corrected chi connectivity index (χ0v) is 12.7. The zero-order chi connectivity index (χ0) is 15.2. The fourth-order valence-corrected chi connectivity index (χ4v) is 2.58. The van der Waals surface area contributed by atoms with Crippen molar-refractivity contribution in [2.24, 2.45) is 10.9 Å². The van der Waals surface area contributed by atoms with E-state index in [1.54, 1.807) is 6.08 Å². The van der Waals surface area contributed by atoms with Crippen molar-refractivity contribution in [3.05, 3.63) is 35.6 Å². The molecule has 0 aromatic carbocycles. The van der Waals surface area contributed by atoms with E-state index in [2.05, 4.69) is 17.2 Å². The first kappa shape index (κ1) is 15.4. The lowest BCUT2D eigenvalue weighted by molar-refractivity contribution is -0.118. The number of nitrogens with one attached hydrogen (secondary N) is 1. The summed E-state index contributed by atoms with van der Waals surface area (Å²) in [4.78, 5) is 27.5. The smallest absolute Gasteiger partial charge is 0.248 e. The van der Waals surface area contributed by atoms with E-state index >= 15 is 0 Å². The summed E-state index contributed by atoms with van der Waals surface area (Å²) in [6, 6.07) is 0. The van der Waals surface area contributed by atoms with Gasteiger partial charge in [0.15, 0.2) is 0 Å². The van der Waals surface area contributed by atoms with E-state index in [1.807, 2.05) is 25.2 Å². The van der Waals surface area contributed by atoms with Gasteiger partial charge in [-0.15, -0.1) is 0 Å². The Bertz CT molecular complexity index is 553. The zero-order valence-electron chi connectivity index (χ0n) is 12.7. The Morgan fingerprint density at radius 3 is 2.81 bits per heavy atom. The van der Waals surface area contributed by atoms with Crippen LogP contribution in [0.2, 0.25) is 0 Å². The Morgan fingerprint density at radius 1 is 1.29 bits per heavy atom. The highest BCUT2D eigenvalue weighted by molar-refractivity contribution is 6.11. The number of carbonyl (C=O) groups excluding carboxylic acids is 2. The maximum absolute atomic E-state index is 11.7. The van der Waals surface area contributed by atoms with Crippen LogP contribution in [0.25, 0.3) is 0 Å². The Hall–Kier alpha value is -1.97. The minimum atomic E-state index is -0.0988. The highest BCUT2D eigenvalue weighted by atomic mass is 16.2. The second-order valence-electron chi connectivity index (χ2n) is 5.43.